The van der Waals surface area contributed by atoms with Crippen molar-refractivity contribution in [1.82, 2.24) is 24.9 Å². The monoisotopic (exact) mass is 249 g/mol. The number of aromatic nitrogens is 4. The lowest BCUT2D eigenvalue weighted by molar-refractivity contribution is 0.212. The van der Waals surface area contributed by atoms with Crippen molar-refractivity contribution in [2.45, 2.75) is 12.8 Å². The van der Waals surface area contributed by atoms with E-state index in [1.54, 1.807) is 6.07 Å². The van der Waals surface area contributed by atoms with Gasteiger partial charge in [0.05, 0.1) is 6.61 Å². The van der Waals surface area contributed by atoms with Crippen LogP contribution in [0.2, 0.25) is 0 Å². The first-order chi connectivity index (χ1) is 8.83. The highest BCUT2D eigenvalue weighted by Crippen LogP contribution is 2.13. The van der Waals surface area contributed by atoms with Crippen molar-refractivity contribution < 1.29 is 4.74 Å². The number of nitrogens with zero attached hydrogens (tertiary/aromatic N) is 3. The zero-order chi connectivity index (χ0) is 12.4. The highest BCUT2D eigenvalue weighted by Gasteiger charge is 2.14. The molecule has 18 heavy (non-hydrogen) atoms. The van der Waals surface area contributed by atoms with E-state index in [2.05, 4.69) is 20.5 Å². The van der Waals surface area contributed by atoms with Crippen LogP contribution in [0, 0.1) is 5.92 Å². The summed E-state index contributed by atoms with van der Waals surface area (Å²) in [7, 11) is 0. The van der Waals surface area contributed by atoms with Crippen LogP contribution in [0.4, 0.5) is 0 Å². The van der Waals surface area contributed by atoms with E-state index in [4.69, 9.17) is 4.74 Å². The van der Waals surface area contributed by atoms with Gasteiger partial charge in [-0.25, -0.2) is 19.3 Å². The standard InChI is InChI=1S/C11H15N5O2/c17-11-15-14-9-4-10(13-7-16(9)11)18-6-8-2-1-3-12-5-8/h4,7-8,12H,1-3,5-6H2,(H,15,17). The van der Waals surface area contributed by atoms with Crippen molar-refractivity contribution in [3.05, 3.63) is 22.9 Å². The number of piperidine rings is 1. The van der Waals surface area contributed by atoms with E-state index in [-0.39, 0.29) is 5.69 Å². The number of hydrogen-bond donors (Lipinski definition) is 2. The first-order valence-corrected chi connectivity index (χ1v) is 6.09. The summed E-state index contributed by atoms with van der Waals surface area (Å²) in [5.74, 6) is 1.03. The highest BCUT2D eigenvalue weighted by molar-refractivity contribution is 5.38. The topological polar surface area (TPSA) is 84.3 Å². The van der Waals surface area contributed by atoms with Gasteiger partial charge in [-0.05, 0) is 19.4 Å². The van der Waals surface area contributed by atoms with E-state index in [0.717, 1.165) is 13.1 Å². The number of ether oxygens (including phenoxy) is 1. The third-order valence-electron chi connectivity index (χ3n) is 3.15. The second kappa shape index (κ2) is 4.77. The van der Waals surface area contributed by atoms with E-state index in [9.17, 15) is 4.79 Å². The Hall–Kier alpha value is -1.89. The minimum atomic E-state index is -0.291. The highest BCUT2D eigenvalue weighted by atomic mass is 16.5. The van der Waals surface area contributed by atoms with Crippen LogP contribution in [0.5, 0.6) is 5.88 Å². The summed E-state index contributed by atoms with van der Waals surface area (Å²) in [6.07, 6.45) is 3.79. The molecule has 0 spiro atoms. The van der Waals surface area contributed by atoms with Gasteiger partial charge < -0.3 is 10.1 Å². The lowest BCUT2D eigenvalue weighted by Crippen LogP contribution is -2.33. The Labute approximate surface area is 103 Å². The normalized spacial score (nSPS) is 20.1. The Morgan fingerprint density at radius 2 is 2.50 bits per heavy atom. The molecule has 2 aromatic heterocycles. The molecule has 0 aromatic carbocycles. The number of nitrogens with one attached hydrogen (secondary N) is 2. The molecular formula is C11H15N5O2. The van der Waals surface area contributed by atoms with Gasteiger partial charge in [-0.3, -0.25) is 0 Å². The molecule has 0 amide bonds. The number of aromatic amines is 1. The molecule has 7 nitrogen and oxygen atoms in total. The van der Waals surface area contributed by atoms with Crippen LogP contribution in [0.15, 0.2) is 17.2 Å². The number of rotatable bonds is 3. The average molecular weight is 249 g/mol. The molecule has 7 heteroatoms. The molecule has 0 saturated carbocycles. The van der Waals surface area contributed by atoms with Crippen LogP contribution in [-0.2, 0) is 0 Å². The van der Waals surface area contributed by atoms with Crippen molar-refractivity contribution in [2.75, 3.05) is 19.7 Å². The summed E-state index contributed by atoms with van der Waals surface area (Å²) in [6, 6.07) is 1.66. The van der Waals surface area contributed by atoms with Gasteiger partial charge in [0.2, 0.25) is 5.88 Å². The molecule has 3 heterocycles. The van der Waals surface area contributed by atoms with Crippen LogP contribution in [-0.4, -0.2) is 39.3 Å². The molecule has 0 radical (unpaired) electrons. The molecule has 1 atom stereocenters. The zero-order valence-corrected chi connectivity index (χ0v) is 9.93. The van der Waals surface area contributed by atoms with Crippen molar-refractivity contribution in [3.63, 3.8) is 0 Å². The summed E-state index contributed by atoms with van der Waals surface area (Å²) in [6.45, 7) is 2.73. The first kappa shape index (κ1) is 11.2. The van der Waals surface area contributed by atoms with E-state index < -0.39 is 0 Å². The summed E-state index contributed by atoms with van der Waals surface area (Å²) in [4.78, 5) is 15.3. The Morgan fingerprint density at radius 1 is 1.56 bits per heavy atom. The Morgan fingerprint density at radius 3 is 3.33 bits per heavy atom. The molecule has 2 N–H and O–H groups in total. The van der Waals surface area contributed by atoms with Crippen LogP contribution in [0.25, 0.3) is 5.65 Å². The van der Waals surface area contributed by atoms with Crippen molar-refractivity contribution >= 4 is 5.65 Å². The smallest absolute Gasteiger partial charge is 0.348 e. The van der Waals surface area contributed by atoms with Gasteiger partial charge in [0.25, 0.3) is 0 Å². The maximum absolute atomic E-state index is 11.3. The fourth-order valence-corrected chi connectivity index (χ4v) is 2.14. The molecule has 96 valence electrons. The summed E-state index contributed by atoms with van der Waals surface area (Å²) in [5, 5.41) is 9.57. The zero-order valence-electron chi connectivity index (χ0n) is 9.93. The van der Waals surface area contributed by atoms with Crippen molar-refractivity contribution in [1.29, 1.82) is 0 Å². The van der Waals surface area contributed by atoms with Crippen LogP contribution < -0.4 is 15.7 Å². The molecule has 0 aliphatic carbocycles. The van der Waals surface area contributed by atoms with Gasteiger partial charge in [0, 0.05) is 18.5 Å². The molecule has 3 rings (SSSR count). The summed E-state index contributed by atoms with van der Waals surface area (Å²) >= 11 is 0. The maximum atomic E-state index is 11.3. The van der Waals surface area contributed by atoms with Crippen LogP contribution in [0.1, 0.15) is 12.8 Å². The van der Waals surface area contributed by atoms with Gasteiger partial charge in [0.15, 0.2) is 5.65 Å². The predicted octanol–water partition coefficient (Wildman–Crippen LogP) is -0.204. The molecular weight excluding hydrogens is 234 g/mol. The third kappa shape index (κ3) is 2.21. The number of fused-ring (bicyclic) bond motifs is 1. The first-order valence-electron chi connectivity index (χ1n) is 6.09. The lowest BCUT2D eigenvalue weighted by atomic mass is 10.0. The minimum Gasteiger partial charge on any atom is -0.477 e. The Bertz CT molecular complexity index is 584. The van der Waals surface area contributed by atoms with Crippen LogP contribution >= 0.6 is 0 Å². The SMILES string of the molecule is O=c1[nH]nc2cc(OCC3CCCNC3)ncn12. The van der Waals surface area contributed by atoms with E-state index in [0.29, 0.717) is 24.1 Å². The maximum Gasteiger partial charge on any atom is 0.348 e. The van der Waals surface area contributed by atoms with E-state index in [1.807, 2.05) is 0 Å². The molecule has 1 fully saturated rings. The molecule has 0 bridgehead atoms. The average Bonchev–Trinajstić information content (AvgIpc) is 2.79. The Kier molecular flexibility index (Phi) is 2.97. The number of hydrogen-bond acceptors (Lipinski definition) is 5. The van der Waals surface area contributed by atoms with Gasteiger partial charge >= 0.3 is 5.69 Å². The number of H-pyrrole nitrogens is 1. The van der Waals surface area contributed by atoms with Gasteiger partial charge in [-0.1, -0.05) is 0 Å². The molecule has 2 aromatic rings. The van der Waals surface area contributed by atoms with E-state index in [1.165, 1.54) is 23.6 Å². The molecule has 1 saturated heterocycles. The Balaban J connectivity index is 1.68. The second-order valence-corrected chi connectivity index (χ2v) is 4.51. The van der Waals surface area contributed by atoms with Crippen LogP contribution in [0.3, 0.4) is 0 Å². The van der Waals surface area contributed by atoms with Crippen molar-refractivity contribution in [2.24, 2.45) is 5.92 Å². The quantitative estimate of drug-likeness (QED) is 0.786. The molecule has 1 aliphatic heterocycles. The van der Waals surface area contributed by atoms with Gasteiger partial charge in [-0.15, -0.1) is 0 Å². The minimum absolute atomic E-state index is 0.291. The molecule has 1 unspecified atom stereocenters. The van der Waals surface area contributed by atoms with Gasteiger partial charge in [-0.2, -0.15) is 5.10 Å². The fourth-order valence-electron chi connectivity index (χ4n) is 2.14. The summed E-state index contributed by atoms with van der Waals surface area (Å²) in [5.41, 5.74) is 0.229. The molecule has 1 aliphatic rings. The largest absolute Gasteiger partial charge is 0.477 e. The van der Waals surface area contributed by atoms with E-state index >= 15 is 0 Å². The van der Waals surface area contributed by atoms with Gasteiger partial charge in [0.1, 0.15) is 6.33 Å². The second-order valence-electron chi connectivity index (χ2n) is 4.51. The summed E-state index contributed by atoms with van der Waals surface area (Å²) < 4.78 is 6.98. The fraction of sp³-hybridized carbons (Fsp3) is 0.545. The third-order valence-corrected chi connectivity index (χ3v) is 3.15. The predicted molar refractivity (Wildman–Crippen MR) is 64.7 cm³/mol. The van der Waals surface area contributed by atoms with Crippen molar-refractivity contribution in [3.8, 4) is 5.88 Å². The lowest BCUT2D eigenvalue weighted by Gasteiger charge is -2.22.